The molecule has 0 unspecified atom stereocenters. The average molecular weight is 409 g/mol. The number of benzene rings is 2. The number of nitrogens with zero attached hydrogens (tertiary/aromatic N) is 1. The van der Waals surface area contributed by atoms with Crippen molar-refractivity contribution in [2.75, 3.05) is 0 Å². The highest BCUT2D eigenvalue weighted by molar-refractivity contribution is 5.95. The van der Waals surface area contributed by atoms with Gasteiger partial charge in [-0.2, -0.15) is 0 Å². The molecule has 1 N–H and O–H groups in total. The zero-order chi connectivity index (χ0) is 22.1. The molecule has 0 saturated carbocycles. The summed E-state index contributed by atoms with van der Waals surface area (Å²) in [6, 6.07) is 14.6. The lowest BCUT2D eigenvalue weighted by Gasteiger charge is -2.22. The van der Waals surface area contributed by atoms with Crippen LogP contribution in [-0.4, -0.2) is 28.4 Å². The number of ketones is 1. The third-order valence-electron chi connectivity index (χ3n) is 4.06. The quantitative estimate of drug-likeness (QED) is 0.393. The van der Waals surface area contributed by atoms with Gasteiger partial charge in [-0.3, -0.25) is 14.9 Å². The number of Topliss-reactive ketones (excluding diaryl/α,β-unsaturated/α-hetero) is 1. The Morgan fingerprint density at radius 3 is 2.33 bits per heavy atom. The van der Waals surface area contributed by atoms with Crippen LogP contribution in [0, 0.1) is 16.2 Å². The summed E-state index contributed by atoms with van der Waals surface area (Å²) >= 11 is 0. The third kappa shape index (κ3) is 7.87. The molecular weight excluding hydrogens is 384 g/mol. The van der Waals surface area contributed by atoms with Crippen LogP contribution in [-0.2, 0) is 16.0 Å². The fourth-order valence-corrected chi connectivity index (χ4v) is 2.62. The molecule has 0 aromatic heterocycles. The molecule has 0 bridgehead atoms. The highest BCUT2D eigenvalue weighted by Crippen LogP contribution is 2.14. The number of rotatable bonds is 8. The van der Waals surface area contributed by atoms with Gasteiger partial charge in [0, 0.05) is 18.2 Å². The molecule has 157 valence electrons. The SMILES string of the molecule is CC(C)(C)OC(=O)N[C@@H](CCc1ccccc1)C(=O)[C]=Cc1ccc([N+](=O)[O-])cc1. The predicted molar refractivity (Wildman–Crippen MR) is 114 cm³/mol. The summed E-state index contributed by atoms with van der Waals surface area (Å²) < 4.78 is 5.26. The van der Waals surface area contributed by atoms with Crippen LogP contribution in [0.25, 0.3) is 6.08 Å². The van der Waals surface area contributed by atoms with Gasteiger partial charge in [-0.25, -0.2) is 4.79 Å². The Morgan fingerprint density at radius 2 is 1.77 bits per heavy atom. The maximum Gasteiger partial charge on any atom is 0.408 e. The van der Waals surface area contributed by atoms with Crippen LogP contribution in [0.5, 0.6) is 0 Å². The molecular formula is C23H25N2O5. The van der Waals surface area contributed by atoms with Gasteiger partial charge < -0.3 is 10.1 Å². The van der Waals surface area contributed by atoms with E-state index in [-0.39, 0.29) is 5.69 Å². The van der Waals surface area contributed by atoms with Crippen molar-refractivity contribution >= 4 is 23.6 Å². The molecule has 7 heteroatoms. The average Bonchev–Trinajstić information content (AvgIpc) is 2.69. The van der Waals surface area contributed by atoms with E-state index in [1.807, 2.05) is 30.3 Å². The Kier molecular flexibility index (Phi) is 7.86. The summed E-state index contributed by atoms with van der Waals surface area (Å²) in [5.41, 5.74) is 0.912. The fraction of sp³-hybridized carbons (Fsp3) is 0.304. The van der Waals surface area contributed by atoms with Crippen LogP contribution in [0.4, 0.5) is 10.5 Å². The Labute approximate surface area is 175 Å². The van der Waals surface area contributed by atoms with E-state index in [1.165, 1.54) is 30.3 Å². The number of alkyl carbamates (subject to hydrolysis) is 1. The summed E-state index contributed by atoms with van der Waals surface area (Å²) in [6.07, 6.45) is 4.38. The first kappa shape index (κ1) is 22.8. The van der Waals surface area contributed by atoms with Gasteiger partial charge in [-0.1, -0.05) is 30.3 Å². The lowest BCUT2D eigenvalue weighted by molar-refractivity contribution is -0.384. The van der Waals surface area contributed by atoms with Gasteiger partial charge in [-0.05, 0) is 62.9 Å². The molecule has 0 fully saturated rings. The van der Waals surface area contributed by atoms with E-state index < -0.39 is 28.4 Å². The maximum absolute atomic E-state index is 12.7. The van der Waals surface area contributed by atoms with Gasteiger partial charge in [0.15, 0.2) is 5.78 Å². The summed E-state index contributed by atoms with van der Waals surface area (Å²) in [4.78, 5) is 35.1. The topological polar surface area (TPSA) is 98.5 Å². The Balaban J connectivity index is 2.09. The second-order valence-corrected chi connectivity index (χ2v) is 7.72. The van der Waals surface area contributed by atoms with E-state index in [9.17, 15) is 19.7 Å². The minimum atomic E-state index is -0.811. The van der Waals surface area contributed by atoms with Crippen LogP contribution >= 0.6 is 0 Å². The second kappa shape index (κ2) is 10.3. The van der Waals surface area contributed by atoms with Crippen molar-refractivity contribution in [2.24, 2.45) is 0 Å². The number of hydrogen-bond donors (Lipinski definition) is 1. The summed E-state index contributed by atoms with van der Waals surface area (Å²) in [6.45, 7) is 5.23. The zero-order valence-electron chi connectivity index (χ0n) is 17.3. The van der Waals surface area contributed by atoms with Crippen LogP contribution in [0.15, 0.2) is 54.6 Å². The second-order valence-electron chi connectivity index (χ2n) is 7.72. The number of carbonyl (C=O) groups excluding carboxylic acids is 2. The minimum Gasteiger partial charge on any atom is -0.444 e. The number of nitro groups is 1. The summed E-state index contributed by atoms with van der Waals surface area (Å²) in [7, 11) is 0. The van der Waals surface area contributed by atoms with Crippen molar-refractivity contribution in [3.05, 3.63) is 81.9 Å². The number of non-ortho nitro benzene ring substituents is 1. The fourth-order valence-electron chi connectivity index (χ4n) is 2.62. The lowest BCUT2D eigenvalue weighted by atomic mass is 10.0. The van der Waals surface area contributed by atoms with Crippen LogP contribution in [0.3, 0.4) is 0 Å². The van der Waals surface area contributed by atoms with Crippen LogP contribution in [0.1, 0.15) is 38.3 Å². The number of hydrogen-bond acceptors (Lipinski definition) is 5. The molecule has 7 nitrogen and oxygen atoms in total. The Hall–Kier alpha value is -3.48. The highest BCUT2D eigenvalue weighted by Gasteiger charge is 2.23. The van der Waals surface area contributed by atoms with Gasteiger partial charge in [0.1, 0.15) is 5.60 Å². The number of nitro benzene ring substituents is 1. The van der Waals surface area contributed by atoms with Crippen molar-refractivity contribution in [1.82, 2.24) is 5.32 Å². The number of ether oxygens (including phenoxy) is 1. The zero-order valence-corrected chi connectivity index (χ0v) is 17.3. The van der Waals surface area contributed by atoms with Crippen molar-refractivity contribution in [3.63, 3.8) is 0 Å². The first-order valence-electron chi connectivity index (χ1n) is 9.55. The standard InChI is InChI=1S/C23H25N2O5/c1-23(2,3)30-22(27)24-20(15-11-17-7-5-4-6-8-17)21(26)16-12-18-9-13-19(14-10-18)25(28)29/h4-10,12-14,20H,11,15H2,1-3H3,(H,24,27)/t20-/m0/s1. The van der Waals surface area contributed by atoms with Gasteiger partial charge in [0.25, 0.3) is 5.69 Å². The summed E-state index contributed by atoms with van der Waals surface area (Å²) in [5.74, 6) is -0.407. The molecule has 1 radical (unpaired) electrons. The van der Waals surface area contributed by atoms with E-state index in [0.29, 0.717) is 18.4 Å². The van der Waals surface area contributed by atoms with Crippen LogP contribution < -0.4 is 5.32 Å². The third-order valence-corrected chi connectivity index (χ3v) is 4.06. The van der Waals surface area contributed by atoms with E-state index in [2.05, 4.69) is 11.4 Å². The predicted octanol–water partition coefficient (Wildman–Crippen LogP) is 4.51. The van der Waals surface area contributed by atoms with E-state index >= 15 is 0 Å². The monoisotopic (exact) mass is 409 g/mol. The van der Waals surface area contributed by atoms with Gasteiger partial charge in [0.2, 0.25) is 0 Å². The number of amides is 1. The molecule has 1 atom stereocenters. The van der Waals surface area contributed by atoms with Crippen molar-refractivity contribution in [1.29, 1.82) is 0 Å². The number of aryl methyl sites for hydroxylation is 1. The molecule has 0 heterocycles. The first-order valence-corrected chi connectivity index (χ1v) is 9.55. The molecule has 0 saturated heterocycles. The Morgan fingerprint density at radius 1 is 1.13 bits per heavy atom. The highest BCUT2D eigenvalue weighted by atomic mass is 16.6. The molecule has 1 amide bonds. The largest absolute Gasteiger partial charge is 0.444 e. The van der Waals surface area contributed by atoms with Crippen molar-refractivity contribution in [3.8, 4) is 0 Å². The molecule has 0 aliphatic rings. The van der Waals surface area contributed by atoms with E-state index in [1.54, 1.807) is 20.8 Å². The molecule has 0 aliphatic carbocycles. The van der Waals surface area contributed by atoms with E-state index in [4.69, 9.17) is 4.74 Å². The molecule has 2 aromatic carbocycles. The number of nitrogens with one attached hydrogen (secondary N) is 1. The molecule has 2 rings (SSSR count). The molecule has 30 heavy (non-hydrogen) atoms. The van der Waals surface area contributed by atoms with Gasteiger partial charge >= 0.3 is 6.09 Å². The smallest absolute Gasteiger partial charge is 0.408 e. The molecule has 2 aromatic rings. The van der Waals surface area contributed by atoms with E-state index in [0.717, 1.165) is 5.56 Å². The number of carbonyl (C=O) groups is 2. The first-order chi connectivity index (χ1) is 14.1. The maximum atomic E-state index is 12.7. The normalized spacial score (nSPS) is 12.4. The van der Waals surface area contributed by atoms with Crippen molar-refractivity contribution in [2.45, 2.75) is 45.3 Å². The summed E-state index contributed by atoms with van der Waals surface area (Å²) in [5, 5.41) is 13.4. The molecule has 0 aliphatic heterocycles. The van der Waals surface area contributed by atoms with Crippen molar-refractivity contribution < 1.29 is 19.2 Å². The van der Waals surface area contributed by atoms with Gasteiger partial charge in [0.05, 0.1) is 11.0 Å². The molecule has 0 spiro atoms. The minimum absolute atomic E-state index is 0.0363. The van der Waals surface area contributed by atoms with Crippen LogP contribution in [0.2, 0.25) is 0 Å². The van der Waals surface area contributed by atoms with Gasteiger partial charge in [-0.15, -0.1) is 0 Å². The Bertz CT molecular complexity index is 899. The lowest BCUT2D eigenvalue weighted by Crippen LogP contribution is -2.43.